The average molecular weight is 254 g/mol. The van der Waals surface area contributed by atoms with Gasteiger partial charge in [-0.1, -0.05) is 25.1 Å². The summed E-state index contributed by atoms with van der Waals surface area (Å²) in [7, 11) is 1.72. The van der Waals surface area contributed by atoms with Gasteiger partial charge in [-0.3, -0.25) is 0 Å². The van der Waals surface area contributed by atoms with Crippen LogP contribution in [-0.2, 0) is 39.1 Å². The van der Waals surface area contributed by atoms with Gasteiger partial charge in [0.1, 0.15) is 5.75 Å². The zero-order chi connectivity index (χ0) is 8.27. The van der Waals surface area contributed by atoms with Crippen LogP contribution in [0.2, 0.25) is 0 Å². The molecular weight excluding hydrogens is 237 g/mol. The number of benzene rings is 1. The molecule has 0 bridgehead atoms. The minimum absolute atomic E-state index is 0. The molecule has 13 heavy (non-hydrogen) atoms. The smallest absolute Gasteiger partial charge is 0.124 e. The van der Waals surface area contributed by atoms with E-state index in [1.807, 2.05) is 0 Å². The molecule has 0 spiro atoms. The molecule has 0 N–H and O–H groups in total. The molecule has 1 rings (SSSR count). The Labute approximate surface area is 107 Å². The maximum absolute atomic E-state index is 5.27. The fourth-order valence-electron chi connectivity index (χ4n) is 1.28. The molecule has 0 saturated heterocycles. The van der Waals surface area contributed by atoms with Crippen molar-refractivity contribution in [3.63, 3.8) is 0 Å². The van der Waals surface area contributed by atoms with Crippen LogP contribution < -0.4 is 4.74 Å². The molecule has 0 aliphatic heterocycles. The Morgan fingerprint density at radius 3 is 2.31 bits per heavy atom. The van der Waals surface area contributed by atoms with E-state index >= 15 is 0 Å². The van der Waals surface area contributed by atoms with Crippen LogP contribution in [0.4, 0.5) is 0 Å². The molecule has 1 aromatic carbocycles. The van der Waals surface area contributed by atoms with Crippen molar-refractivity contribution in [3.05, 3.63) is 36.8 Å². The van der Waals surface area contributed by atoms with Crippen molar-refractivity contribution < 1.29 is 37.4 Å². The van der Waals surface area contributed by atoms with E-state index in [1.54, 1.807) is 7.11 Å². The predicted molar refractivity (Wildman–Crippen MR) is 53.5 cm³/mol. The molecule has 0 aliphatic rings. The van der Waals surface area contributed by atoms with E-state index in [0.29, 0.717) is 0 Å². The molecule has 71 valence electrons. The number of ether oxygens (including phenoxy) is 1. The van der Waals surface area contributed by atoms with Gasteiger partial charge in [0, 0.05) is 32.7 Å². The van der Waals surface area contributed by atoms with Crippen LogP contribution in [0.5, 0.6) is 5.75 Å². The summed E-state index contributed by atoms with van der Waals surface area (Å²) in [5.41, 5.74) is 2.50. The Balaban J connectivity index is 0. The van der Waals surface area contributed by atoms with Crippen LogP contribution in [0.15, 0.2) is 18.2 Å². The second-order valence-electron chi connectivity index (χ2n) is 2.62. The van der Waals surface area contributed by atoms with E-state index in [4.69, 9.17) is 4.74 Å². The topological polar surface area (TPSA) is 9.23 Å². The molecule has 0 fully saturated rings. The van der Waals surface area contributed by atoms with Gasteiger partial charge in [0.2, 0.25) is 0 Å². The monoisotopic (exact) mass is 254 g/mol. The molecule has 1 radical (unpaired) electrons. The molecule has 0 atom stereocenters. The molecular formula is C11H17OY-. The molecule has 0 amide bonds. The summed E-state index contributed by atoms with van der Waals surface area (Å²) < 4.78 is 5.27. The minimum atomic E-state index is 0. The first-order valence-corrected chi connectivity index (χ1v) is 3.92. The number of hydrogen-bond acceptors (Lipinski definition) is 1. The quantitative estimate of drug-likeness (QED) is 0.737. The summed E-state index contributed by atoms with van der Waals surface area (Å²) in [6.07, 6.45) is 1.03. The van der Waals surface area contributed by atoms with E-state index in [1.165, 1.54) is 11.1 Å². The average Bonchev–Trinajstić information content (AvgIpc) is 2.04. The summed E-state index contributed by atoms with van der Waals surface area (Å²) in [5, 5.41) is 0. The molecule has 0 aliphatic carbocycles. The van der Waals surface area contributed by atoms with Crippen molar-refractivity contribution >= 4 is 0 Å². The van der Waals surface area contributed by atoms with Gasteiger partial charge in [0.25, 0.3) is 0 Å². The first-order valence-electron chi connectivity index (χ1n) is 3.92. The summed E-state index contributed by atoms with van der Waals surface area (Å²) in [4.78, 5) is 0. The van der Waals surface area contributed by atoms with Crippen molar-refractivity contribution in [2.75, 3.05) is 7.11 Å². The Morgan fingerprint density at radius 2 is 1.92 bits per heavy atom. The molecule has 1 nitrogen and oxygen atoms in total. The van der Waals surface area contributed by atoms with Gasteiger partial charge in [-0.25, -0.2) is 0 Å². The van der Waals surface area contributed by atoms with Gasteiger partial charge < -0.3 is 12.2 Å². The first-order chi connectivity index (χ1) is 5.29. The summed E-state index contributed by atoms with van der Waals surface area (Å²) in [6.45, 7) is 4.20. The van der Waals surface area contributed by atoms with E-state index < -0.39 is 0 Å². The molecule has 0 aromatic heterocycles. The molecule has 0 saturated carbocycles. The third-order valence-electron chi connectivity index (χ3n) is 1.88. The van der Waals surface area contributed by atoms with Gasteiger partial charge >= 0.3 is 0 Å². The molecule has 0 unspecified atom stereocenters. The van der Waals surface area contributed by atoms with Gasteiger partial charge in [0.05, 0.1) is 7.11 Å². The summed E-state index contributed by atoms with van der Waals surface area (Å²) in [6, 6.07) is 6.24. The SMILES string of the molecule is CCc1cccc(C)c1OC.[CH3-].[Y]. The van der Waals surface area contributed by atoms with E-state index in [-0.39, 0.29) is 40.1 Å². The second-order valence-corrected chi connectivity index (χ2v) is 2.62. The fraction of sp³-hybridized carbons (Fsp3) is 0.364. The predicted octanol–water partition coefficient (Wildman–Crippen LogP) is 3.01. The van der Waals surface area contributed by atoms with Crippen LogP contribution in [0, 0.1) is 14.4 Å². The fourth-order valence-corrected chi connectivity index (χ4v) is 1.28. The van der Waals surface area contributed by atoms with E-state index in [0.717, 1.165) is 12.2 Å². The number of methoxy groups -OCH3 is 1. The van der Waals surface area contributed by atoms with Gasteiger partial charge in [-0.15, -0.1) is 0 Å². The third kappa shape index (κ3) is 3.78. The number of hydrogen-bond donors (Lipinski definition) is 0. The van der Waals surface area contributed by atoms with Gasteiger partial charge in [0.15, 0.2) is 0 Å². The first kappa shape index (κ1) is 15.6. The standard InChI is InChI=1S/C10H14O.CH3.Y/c1-4-9-7-5-6-8(2)10(9)11-3;;/h5-7H,4H2,1-3H3;1H3;/q;-1;. The van der Waals surface area contributed by atoms with E-state index in [9.17, 15) is 0 Å². The zero-order valence-electron chi connectivity index (χ0n) is 8.92. The van der Waals surface area contributed by atoms with Crippen molar-refractivity contribution in [2.45, 2.75) is 20.3 Å². The van der Waals surface area contributed by atoms with E-state index in [2.05, 4.69) is 32.0 Å². The maximum Gasteiger partial charge on any atom is 0.124 e. The largest absolute Gasteiger partial charge is 0.496 e. The van der Waals surface area contributed by atoms with Gasteiger partial charge in [-0.2, -0.15) is 0 Å². The molecule has 2 heteroatoms. The zero-order valence-corrected chi connectivity index (χ0v) is 11.8. The second kappa shape index (κ2) is 7.52. The Bertz CT molecular complexity index is 246. The number of aryl methyl sites for hydroxylation is 2. The van der Waals surface area contributed by atoms with Crippen LogP contribution in [0.3, 0.4) is 0 Å². The van der Waals surface area contributed by atoms with Crippen molar-refractivity contribution in [2.24, 2.45) is 0 Å². The third-order valence-corrected chi connectivity index (χ3v) is 1.88. The molecule has 1 aromatic rings. The summed E-state index contributed by atoms with van der Waals surface area (Å²) in [5.74, 6) is 1.04. The Kier molecular flexibility index (Phi) is 9.02. The van der Waals surface area contributed by atoms with Crippen LogP contribution in [-0.4, -0.2) is 7.11 Å². The van der Waals surface area contributed by atoms with Crippen molar-refractivity contribution in [3.8, 4) is 5.75 Å². The number of para-hydroxylation sites is 1. The van der Waals surface area contributed by atoms with Crippen LogP contribution in [0.25, 0.3) is 0 Å². The van der Waals surface area contributed by atoms with Crippen LogP contribution >= 0.6 is 0 Å². The molecule has 0 heterocycles. The minimum Gasteiger partial charge on any atom is -0.496 e. The Morgan fingerprint density at radius 1 is 1.31 bits per heavy atom. The Hall–Kier alpha value is 0.124. The van der Waals surface area contributed by atoms with Crippen LogP contribution in [0.1, 0.15) is 18.1 Å². The maximum atomic E-state index is 5.27. The normalized spacial score (nSPS) is 8.23. The van der Waals surface area contributed by atoms with Gasteiger partial charge in [-0.05, 0) is 24.5 Å². The van der Waals surface area contributed by atoms with Crippen molar-refractivity contribution in [1.29, 1.82) is 0 Å². The van der Waals surface area contributed by atoms with Crippen molar-refractivity contribution in [1.82, 2.24) is 0 Å². The summed E-state index contributed by atoms with van der Waals surface area (Å²) >= 11 is 0. The number of rotatable bonds is 2.